The zero-order valence-electron chi connectivity index (χ0n) is 6.85. The van der Waals surface area contributed by atoms with Crippen LogP contribution in [0.5, 0.6) is 0 Å². The van der Waals surface area contributed by atoms with Crippen molar-refractivity contribution >= 4 is 12.4 Å². The summed E-state index contributed by atoms with van der Waals surface area (Å²) in [6, 6.07) is -0.503. The van der Waals surface area contributed by atoms with E-state index in [0.717, 1.165) is 19.3 Å². The maximum Gasteiger partial charge on any atom is 0.264 e. The van der Waals surface area contributed by atoms with Gasteiger partial charge in [0, 0.05) is 13.0 Å². The van der Waals surface area contributed by atoms with Gasteiger partial charge in [-0.3, -0.25) is 0 Å². The van der Waals surface area contributed by atoms with E-state index in [-0.39, 0.29) is 24.7 Å². The zero-order chi connectivity index (χ0) is 7.90. The summed E-state index contributed by atoms with van der Waals surface area (Å²) in [5.41, 5.74) is 0. The third-order valence-electron chi connectivity index (χ3n) is 2.90. The summed E-state index contributed by atoms with van der Waals surface area (Å²) in [5, 5.41) is 2.90. The molecule has 1 nitrogen and oxygen atoms in total. The van der Waals surface area contributed by atoms with Gasteiger partial charge in [-0.25, -0.2) is 8.78 Å². The molecule has 0 aromatic heterocycles. The fourth-order valence-electron chi connectivity index (χ4n) is 1.98. The molecule has 0 radical (unpaired) electrons. The summed E-state index contributed by atoms with van der Waals surface area (Å²) < 4.78 is 26.0. The van der Waals surface area contributed by atoms with Crippen molar-refractivity contribution in [3.05, 3.63) is 0 Å². The molecule has 0 aromatic rings. The highest BCUT2D eigenvalue weighted by molar-refractivity contribution is 5.85. The van der Waals surface area contributed by atoms with E-state index in [1.807, 2.05) is 0 Å². The predicted molar refractivity (Wildman–Crippen MR) is 45.9 cm³/mol. The first-order valence-corrected chi connectivity index (χ1v) is 4.31. The van der Waals surface area contributed by atoms with Crippen LogP contribution < -0.4 is 5.32 Å². The van der Waals surface area contributed by atoms with Gasteiger partial charge in [-0.15, -0.1) is 12.4 Å². The molecule has 1 heterocycles. The maximum atomic E-state index is 13.0. The number of hydrogen-bond donors (Lipinski definition) is 1. The highest BCUT2D eigenvalue weighted by Gasteiger charge is 2.48. The first kappa shape index (κ1) is 10.2. The predicted octanol–water partition coefficient (Wildman–Crippen LogP) is 2.21. The van der Waals surface area contributed by atoms with Crippen molar-refractivity contribution in [1.29, 1.82) is 0 Å². The van der Waals surface area contributed by atoms with Crippen molar-refractivity contribution in [3.8, 4) is 0 Å². The molecule has 1 saturated carbocycles. The van der Waals surface area contributed by atoms with Gasteiger partial charge in [0.1, 0.15) is 0 Å². The van der Waals surface area contributed by atoms with Crippen LogP contribution in [0.2, 0.25) is 0 Å². The molecule has 1 aliphatic carbocycles. The van der Waals surface area contributed by atoms with Crippen molar-refractivity contribution in [3.63, 3.8) is 0 Å². The largest absolute Gasteiger partial charge is 0.308 e. The number of alkyl halides is 2. The minimum Gasteiger partial charge on any atom is -0.308 e. The molecule has 0 spiro atoms. The highest BCUT2D eigenvalue weighted by Crippen LogP contribution is 2.40. The molecule has 0 aromatic carbocycles. The average Bonchev–Trinajstić information content (AvgIpc) is 2.07. The molecule has 2 rings (SSSR count). The van der Waals surface area contributed by atoms with Crippen LogP contribution >= 0.6 is 12.4 Å². The molecule has 1 unspecified atom stereocenters. The minimum atomic E-state index is -2.43. The lowest BCUT2D eigenvalue weighted by atomic mass is 9.78. The summed E-state index contributed by atoms with van der Waals surface area (Å²) in [5.74, 6) is -2.17. The van der Waals surface area contributed by atoms with Crippen LogP contribution in [0.15, 0.2) is 0 Å². The molecule has 0 bridgehead atoms. The quantitative estimate of drug-likeness (QED) is 0.680. The lowest BCUT2D eigenvalue weighted by molar-refractivity contribution is -0.0406. The third kappa shape index (κ3) is 1.57. The van der Waals surface area contributed by atoms with Crippen LogP contribution in [0, 0.1) is 5.92 Å². The van der Waals surface area contributed by atoms with Crippen LogP contribution in [0.25, 0.3) is 0 Å². The summed E-state index contributed by atoms with van der Waals surface area (Å²) >= 11 is 0. The summed E-state index contributed by atoms with van der Waals surface area (Å²) in [6.07, 6.45) is 3.16. The van der Waals surface area contributed by atoms with Crippen LogP contribution in [0.4, 0.5) is 8.78 Å². The molecular weight excluding hydrogens is 184 g/mol. The van der Waals surface area contributed by atoms with E-state index in [1.165, 1.54) is 0 Å². The third-order valence-corrected chi connectivity index (χ3v) is 2.90. The van der Waals surface area contributed by atoms with E-state index in [1.54, 1.807) is 0 Å². The Morgan fingerprint density at radius 2 is 1.92 bits per heavy atom. The van der Waals surface area contributed by atoms with Crippen LogP contribution in [0.1, 0.15) is 25.7 Å². The molecule has 2 fully saturated rings. The van der Waals surface area contributed by atoms with Gasteiger partial charge >= 0.3 is 0 Å². The zero-order valence-corrected chi connectivity index (χ0v) is 7.67. The number of rotatable bonds is 1. The molecule has 4 heteroatoms. The van der Waals surface area contributed by atoms with E-state index in [2.05, 4.69) is 5.32 Å². The molecule has 2 aliphatic rings. The Bertz CT molecular complexity index is 159. The smallest absolute Gasteiger partial charge is 0.264 e. The Kier molecular flexibility index (Phi) is 2.94. The van der Waals surface area contributed by atoms with E-state index in [4.69, 9.17) is 0 Å². The first-order valence-electron chi connectivity index (χ1n) is 4.31. The second kappa shape index (κ2) is 3.46. The molecule has 12 heavy (non-hydrogen) atoms. The van der Waals surface area contributed by atoms with Gasteiger partial charge in [0.25, 0.3) is 5.92 Å². The Morgan fingerprint density at radius 3 is 2.25 bits per heavy atom. The summed E-state index contributed by atoms with van der Waals surface area (Å²) in [6.45, 7) is 0.494. The fourth-order valence-corrected chi connectivity index (χ4v) is 1.98. The average molecular weight is 198 g/mol. The van der Waals surface area contributed by atoms with E-state index >= 15 is 0 Å². The number of halogens is 3. The Hall–Kier alpha value is 0.110. The van der Waals surface area contributed by atoms with E-state index in [9.17, 15) is 8.78 Å². The van der Waals surface area contributed by atoms with Crippen molar-refractivity contribution in [2.45, 2.75) is 37.6 Å². The fraction of sp³-hybridized carbons (Fsp3) is 1.00. The van der Waals surface area contributed by atoms with E-state index < -0.39 is 12.0 Å². The Morgan fingerprint density at radius 1 is 1.25 bits per heavy atom. The molecule has 1 atom stereocenters. The molecule has 1 N–H and O–H groups in total. The SMILES string of the molecule is Cl.FC1(F)CCNC1C1CCC1. The van der Waals surface area contributed by atoms with Gasteiger partial charge in [0.2, 0.25) is 0 Å². The Balaban J connectivity index is 0.000000720. The number of nitrogens with one attached hydrogen (secondary N) is 1. The molecular formula is C8H14ClF2N. The second-order valence-electron chi connectivity index (χ2n) is 3.63. The Labute approximate surface area is 77.3 Å². The topological polar surface area (TPSA) is 12.0 Å². The van der Waals surface area contributed by atoms with Crippen LogP contribution in [0.3, 0.4) is 0 Å². The maximum absolute atomic E-state index is 13.0. The first-order chi connectivity index (χ1) is 5.20. The molecule has 0 amide bonds. The van der Waals surface area contributed by atoms with Crippen molar-refractivity contribution < 1.29 is 8.78 Å². The van der Waals surface area contributed by atoms with Gasteiger partial charge in [0.15, 0.2) is 0 Å². The van der Waals surface area contributed by atoms with Crippen molar-refractivity contribution in [1.82, 2.24) is 5.32 Å². The monoisotopic (exact) mass is 197 g/mol. The molecule has 72 valence electrons. The molecule has 1 aliphatic heterocycles. The van der Waals surface area contributed by atoms with Gasteiger partial charge in [-0.05, 0) is 18.8 Å². The van der Waals surface area contributed by atoms with Crippen LogP contribution in [-0.4, -0.2) is 18.5 Å². The second-order valence-corrected chi connectivity index (χ2v) is 3.63. The van der Waals surface area contributed by atoms with Crippen LogP contribution in [-0.2, 0) is 0 Å². The van der Waals surface area contributed by atoms with Crippen molar-refractivity contribution in [2.75, 3.05) is 6.54 Å². The molecule has 1 saturated heterocycles. The van der Waals surface area contributed by atoms with E-state index in [0.29, 0.717) is 6.54 Å². The standard InChI is InChI=1S/C8H13F2N.ClH/c9-8(10)4-5-11-7(8)6-2-1-3-6;/h6-7,11H,1-5H2;1H. The lowest BCUT2D eigenvalue weighted by Gasteiger charge is -2.34. The highest BCUT2D eigenvalue weighted by atomic mass is 35.5. The van der Waals surface area contributed by atoms with Gasteiger partial charge in [0.05, 0.1) is 6.04 Å². The van der Waals surface area contributed by atoms with Gasteiger partial charge < -0.3 is 5.32 Å². The summed E-state index contributed by atoms with van der Waals surface area (Å²) in [4.78, 5) is 0. The van der Waals surface area contributed by atoms with Crippen molar-refractivity contribution in [2.24, 2.45) is 5.92 Å². The normalized spacial score (nSPS) is 34.0. The number of hydrogen-bond acceptors (Lipinski definition) is 1. The van der Waals surface area contributed by atoms with Gasteiger partial charge in [-0.2, -0.15) is 0 Å². The lowest BCUT2D eigenvalue weighted by Crippen LogP contribution is -2.44. The van der Waals surface area contributed by atoms with Gasteiger partial charge in [-0.1, -0.05) is 6.42 Å². The summed E-state index contributed by atoms with van der Waals surface area (Å²) in [7, 11) is 0. The minimum absolute atomic E-state index is 0.